The number of hydrogen-bond donors (Lipinski definition) is 0. The summed E-state index contributed by atoms with van der Waals surface area (Å²) in [5.41, 5.74) is 2.95. The van der Waals surface area contributed by atoms with E-state index >= 15 is 0 Å². The van der Waals surface area contributed by atoms with Crippen LogP contribution in [0.25, 0.3) is 0 Å². The fourth-order valence-electron chi connectivity index (χ4n) is 5.33. The summed E-state index contributed by atoms with van der Waals surface area (Å²) >= 11 is 0. The molecular formula is C20H18N2O4. The van der Waals surface area contributed by atoms with Gasteiger partial charge in [0.1, 0.15) is 0 Å². The quantitative estimate of drug-likeness (QED) is 0.354. The van der Waals surface area contributed by atoms with Crippen molar-refractivity contribution >= 4 is 23.2 Å². The Kier molecular flexibility index (Phi) is 3.20. The van der Waals surface area contributed by atoms with Gasteiger partial charge in [-0.2, -0.15) is 0 Å². The van der Waals surface area contributed by atoms with E-state index in [9.17, 15) is 19.7 Å². The summed E-state index contributed by atoms with van der Waals surface area (Å²) in [4.78, 5) is 37.9. The van der Waals surface area contributed by atoms with Gasteiger partial charge in [0.25, 0.3) is 5.69 Å². The zero-order valence-corrected chi connectivity index (χ0v) is 14.1. The van der Waals surface area contributed by atoms with Gasteiger partial charge in [0, 0.05) is 24.0 Å². The maximum absolute atomic E-state index is 13.1. The number of hydrogen-bond acceptors (Lipinski definition) is 4. The second-order valence-electron chi connectivity index (χ2n) is 7.54. The fourth-order valence-corrected chi connectivity index (χ4v) is 5.33. The van der Waals surface area contributed by atoms with E-state index in [2.05, 4.69) is 12.2 Å². The number of fused-ring (bicyclic) bond motifs is 5. The topological polar surface area (TPSA) is 80.5 Å². The van der Waals surface area contributed by atoms with Crippen molar-refractivity contribution in [3.63, 3.8) is 0 Å². The van der Waals surface area contributed by atoms with Crippen LogP contribution in [0.5, 0.6) is 0 Å². The minimum atomic E-state index is -0.511. The summed E-state index contributed by atoms with van der Waals surface area (Å²) in [6, 6.07) is 5.78. The van der Waals surface area contributed by atoms with E-state index in [0.29, 0.717) is 5.69 Å². The number of nitro benzene ring substituents is 1. The maximum atomic E-state index is 13.1. The molecule has 2 saturated carbocycles. The molecule has 0 spiro atoms. The zero-order valence-electron chi connectivity index (χ0n) is 14.1. The second kappa shape index (κ2) is 5.37. The average Bonchev–Trinajstić information content (AvgIpc) is 3.38. The lowest BCUT2D eigenvalue weighted by Gasteiger charge is -2.19. The molecule has 2 amide bonds. The Hall–Kier alpha value is -2.76. The Balaban J connectivity index is 1.54. The highest BCUT2D eigenvalue weighted by atomic mass is 16.6. The molecule has 0 unspecified atom stereocenters. The first kappa shape index (κ1) is 15.5. The van der Waals surface area contributed by atoms with Crippen LogP contribution in [0.4, 0.5) is 11.4 Å². The summed E-state index contributed by atoms with van der Waals surface area (Å²) in [5, 5.41) is 11.0. The second-order valence-corrected chi connectivity index (χ2v) is 7.54. The normalized spacial score (nSPS) is 32.1. The Labute approximate surface area is 150 Å². The first-order valence-corrected chi connectivity index (χ1v) is 9.10. The van der Waals surface area contributed by atoms with Crippen LogP contribution in [-0.4, -0.2) is 16.7 Å². The number of nitrogens with zero attached hydrogens (tertiary/aromatic N) is 2. The van der Waals surface area contributed by atoms with E-state index in [1.807, 2.05) is 0 Å². The van der Waals surface area contributed by atoms with Crippen molar-refractivity contribution in [2.24, 2.45) is 23.7 Å². The molecule has 1 aromatic rings. The number of non-ortho nitro benzene ring substituents is 1. The van der Waals surface area contributed by atoms with Crippen molar-refractivity contribution in [3.05, 3.63) is 57.7 Å². The highest BCUT2D eigenvalue weighted by Crippen LogP contribution is 2.58. The van der Waals surface area contributed by atoms with Crippen LogP contribution >= 0.6 is 0 Å². The zero-order chi connectivity index (χ0) is 18.0. The highest BCUT2D eigenvalue weighted by Gasteiger charge is 2.62. The number of rotatable bonds is 2. The SMILES string of the molecule is O=C1[C@@H]2[C@H](C(=O)N1c1cccc([N+](=O)[O-])c1)[C@@H]1C=C[C@H]2C1=C1CCCC1. The first-order valence-electron chi connectivity index (χ1n) is 9.10. The van der Waals surface area contributed by atoms with Crippen LogP contribution in [0, 0.1) is 33.8 Å². The van der Waals surface area contributed by atoms with Gasteiger partial charge >= 0.3 is 0 Å². The summed E-state index contributed by atoms with van der Waals surface area (Å²) in [7, 11) is 0. The summed E-state index contributed by atoms with van der Waals surface area (Å²) in [6.45, 7) is 0. The van der Waals surface area contributed by atoms with Gasteiger partial charge in [-0.25, -0.2) is 4.90 Å². The summed E-state index contributed by atoms with van der Waals surface area (Å²) in [5.74, 6) is -1.07. The number of carbonyl (C=O) groups excluding carboxylic acids is 2. The van der Waals surface area contributed by atoms with E-state index in [1.54, 1.807) is 6.07 Å². The van der Waals surface area contributed by atoms with Crippen LogP contribution in [0.2, 0.25) is 0 Å². The van der Waals surface area contributed by atoms with Crippen molar-refractivity contribution in [1.82, 2.24) is 0 Å². The Morgan fingerprint density at radius 1 is 1.00 bits per heavy atom. The number of amides is 2. The standard InChI is InChI=1S/C20H18N2O4/c23-19-17-14-8-9-15(16(14)11-4-1-2-5-11)18(17)20(24)21(19)12-6-3-7-13(10-12)22(25)26/h3,6-10,14-15,17-18H,1-2,4-5H2/t14-,15+,17-,18+. The molecule has 0 radical (unpaired) electrons. The molecule has 5 rings (SSSR count). The van der Waals surface area contributed by atoms with Crippen molar-refractivity contribution in [2.45, 2.75) is 25.7 Å². The number of allylic oxidation sites excluding steroid dienone is 4. The van der Waals surface area contributed by atoms with E-state index in [-0.39, 0.29) is 41.2 Å². The lowest BCUT2D eigenvalue weighted by atomic mass is 9.85. The molecule has 0 aromatic heterocycles. The van der Waals surface area contributed by atoms with Gasteiger partial charge < -0.3 is 0 Å². The molecule has 1 saturated heterocycles. The van der Waals surface area contributed by atoms with Crippen LogP contribution < -0.4 is 4.90 Å². The average molecular weight is 350 g/mol. The Bertz CT molecular complexity index is 874. The molecule has 0 N–H and O–H groups in total. The maximum Gasteiger partial charge on any atom is 0.271 e. The predicted molar refractivity (Wildman–Crippen MR) is 94.2 cm³/mol. The molecule has 3 fully saturated rings. The lowest BCUT2D eigenvalue weighted by Crippen LogP contribution is -2.33. The van der Waals surface area contributed by atoms with Crippen molar-refractivity contribution in [1.29, 1.82) is 0 Å². The highest BCUT2D eigenvalue weighted by molar-refractivity contribution is 6.23. The molecule has 6 heteroatoms. The van der Waals surface area contributed by atoms with Gasteiger partial charge in [0.05, 0.1) is 22.4 Å². The lowest BCUT2D eigenvalue weighted by molar-refractivity contribution is -0.384. The van der Waals surface area contributed by atoms with Gasteiger partial charge in [0.15, 0.2) is 0 Å². The molecule has 2 bridgehead atoms. The number of benzene rings is 1. The van der Waals surface area contributed by atoms with Gasteiger partial charge in [-0.05, 0) is 31.7 Å². The minimum absolute atomic E-state index is 0.0262. The summed E-state index contributed by atoms with van der Waals surface area (Å²) in [6.07, 6.45) is 8.73. The van der Waals surface area contributed by atoms with Crippen molar-refractivity contribution in [2.75, 3.05) is 4.90 Å². The minimum Gasteiger partial charge on any atom is -0.274 e. The monoisotopic (exact) mass is 350 g/mol. The molecule has 1 heterocycles. The van der Waals surface area contributed by atoms with Crippen LogP contribution in [0.1, 0.15) is 25.7 Å². The third-order valence-electron chi connectivity index (χ3n) is 6.33. The van der Waals surface area contributed by atoms with Crippen LogP contribution in [0.3, 0.4) is 0 Å². The molecular weight excluding hydrogens is 332 g/mol. The number of anilines is 1. The van der Waals surface area contributed by atoms with E-state index < -0.39 is 4.92 Å². The summed E-state index contributed by atoms with van der Waals surface area (Å²) < 4.78 is 0. The first-order chi connectivity index (χ1) is 12.6. The number of nitro groups is 1. The molecule has 6 nitrogen and oxygen atoms in total. The van der Waals surface area contributed by atoms with Gasteiger partial charge in [-0.15, -0.1) is 0 Å². The van der Waals surface area contributed by atoms with E-state index in [4.69, 9.17) is 0 Å². The third kappa shape index (κ3) is 1.92. The molecule has 4 aliphatic rings. The molecule has 4 atom stereocenters. The smallest absolute Gasteiger partial charge is 0.271 e. The van der Waals surface area contributed by atoms with Crippen molar-refractivity contribution in [3.8, 4) is 0 Å². The molecule has 26 heavy (non-hydrogen) atoms. The van der Waals surface area contributed by atoms with E-state index in [0.717, 1.165) is 12.8 Å². The Morgan fingerprint density at radius 2 is 1.62 bits per heavy atom. The molecule has 1 aliphatic heterocycles. The number of imide groups is 1. The van der Waals surface area contributed by atoms with E-state index in [1.165, 1.54) is 47.1 Å². The largest absolute Gasteiger partial charge is 0.274 e. The fraction of sp³-hybridized carbons (Fsp3) is 0.400. The third-order valence-corrected chi connectivity index (χ3v) is 6.33. The van der Waals surface area contributed by atoms with Crippen LogP contribution in [-0.2, 0) is 9.59 Å². The predicted octanol–water partition coefficient (Wildman–Crippen LogP) is 3.39. The molecule has 3 aliphatic carbocycles. The molecule has 1 aromatic carbocycles. The van der Waals surface area contributed by atoms with Crippen LogP contribution in [0.15, 0.2) is 47.6 Å². The van der Waals surface area contributed by atoms with Gasteiger partial charge in [-0.1, -0.05) is 29.4 Å². The van der Waals surface area contributed by atoms with Crippen molar-refractivity contribution < 1.29 is 14.5 Å². The number of carbonyl (C=O) groups is 2. The Morgan fingerprint density at radius 3 is 2.19 bits per heavy atom. The van der Waals surface area contributed by atoms with Gasteiger partial charge in [-0.3, -0.25) is 19.7 Å². The molecule has 132 valence electrons. The van der Waals surface area contributed by atoms with Gasteiger partial charge in [0.2, 0.25) is 11.8 Å².